The number of rotatable bonds is 9. The van der Waals surface area contributed by atoms with Crippen molar-refractivity contribution in [2.45, 2.75) is 65.1 Å². The van der Waals surface area contributed by atoms with Crippen LogP contribution in [0.2, 0.25) is 0 Å². The summed E-state index contributed by atoms with van der Waals surface area (Å²) in [6.45, 7) is 7.17. The highest BCUT2D eigenvalue weighted by Crippen LogP contribution is 2.33. The van der Waals surface area contributed by atoms with Gasteiger partial charge in [0.25, 0.3) is 5.91 Å². The zero-order chi connectivity index (χ0) is 25.7. The molecule has 0 saturated carbocycles. The molecule has 2 aromatic carbocycles. The maximum Gasteiger partial charge on any atom is 0.254 e. The first-order chi connectivity index (χ1) is 17.4. The Balaban J connectivity index is 1.53. The van der Waals surface area contributed by atoms with Crippen molar-refractivity contribution in [3.63, 3.8) is 0 Å². The number of amides is 2. The summed E-state index contributed by atoms with van der Waals surface area (Å²) in [6.07, 6.45) is 6.51. The third-order valence-corrected chi connectivity index (χ3v) is 6.98. The molecule has 0 spiro atoms. The van der Waals surface area contributed by atoms with Crippen LogP contribution in [-0.2, 0) is 17.8 Å². The molecule has 1 atom stereocenters. The lowest BCUT2D eigenvalue weighted by Crippen LogP contribution is -2.49. The number of hydrogen-bond acceptors (Lipinski definition) is 2. The number of aryl methyl sites for hydroxylation is 1. The molecule has 2 amide bonds. The Morgan fingerprint density at radius 3 is 2.50 bits per heavy atom. The predicted molar refractivity (Wildman–Crippen MR) is 140 cm³/mol. The van der Waals surface area contributed by atoms with E-state index in [1.165, 1.54) is 30.5 Å². The van der Waals surface area contributed by atoms with E-state index in [2.05, 4.69) is 11.5 Å². The summed E-state index contributed by atoms with van der Waals surface area (Å²) < 4.78 is 16.2. The molecule has 1 aliphatic heterocycles. The molecule has 0 fully saturated rings. The van der Waals surface area contributed by atoms with Crippen LogP contribution in [0.1, 0.15) is 73.3 Å². The van der Waals surface area contributed by atoms with Crippen LogP contribution in [0.15, 0.2) is 66.9 Å². The van der Waals surface area contributed by atoms with Gasteiger partial charge in [0.1, 0.15) is 12.4 Å². The maximum absolute atomic E-state index is 14.1. The number of carbonyl (C=O) groups is 2. The molecule has 5 nitrogen and oxygen atoms in total. The number of carbonyl (C=O) groups excluding carboxylic acids is 2. The van der Waals surface area contributed by atoms with E-state index in [0.29, 0.717) is 18.7 Å². The Morgan fingerprint density at radius 1 is 1.03 bits per heavy atom. The maximum atomic E-state index is 14.1. The molecule has 0 unspecified atom stereocenters. The second-order valence-corrected chi connectivity index (χ2v) is 9.85. The minimum Gasteiger partial charge on any atom is -0.348 e. The average Bonchev–Trinajstić information content (AvgIpc) is 3.35. The standard InChI is InChI=1S/C30H36FN3O2/c1-4-5-6-9-23-13-15-24(16-14-23)30(36)34(22(2)3)21-28(35)33-19-18-32-17-8-12-27(32)29(33)25-10-7-11-26(31)20-25/h7-8,10-17,20,22,29H,4-6,9,18-19,21H2,1-3H3/t29-/m1/s1. The third kappa shape index (κ3) is 5.69. The molecule has 0 aliphatic carbocycles. The van der Waals surface area contributed by atoms with Crippen molar-refractivity contribution in [2.75, 3.05) is 13.1 Å². The van der Waals surface area contributed by atoms with Gasteiger partial charge in [-0.3, -0.25) is 9.59 Å². The molecule has 0 saturated heterocycles. The van der Waals surface area contributed by atoms with Gasteiger partial charge in [-0.25, -0.2) is 4.39 Å². The van der Waals surface area contributed by atoms with Crippen LogP contribution in [0.5, 0.6) is 0 Å². The summed E-state index contributed by atoms with van der Waals surface area (Å²) >= 11 is 0. The lowest BCUT2D eigenvalue weighted by atomic mass is 9.99. The molecule has 2 heterocycles. The van der Waals surface area contributed by atoms with Crippen molar-refractivity contribution >= 4 is 11.8 Å². The number of unbranched alkanes of at least 4 members (excludes halogenated alkanes) is 2. The normalized spacial score (nSPS) is 15.1. The SMILES string of the molecule is CCCCCc1ccc(C(=O)N(CC(=O)N2CCn3cccc3[C@H]2c2cccc(F)c2)C(C)C)cc1. The zero-order valence-corrected chi connectivity index (χ0v) is 21.5. The molecule has 6 heteroatoms. The molecule has 190 valence electrons. The number of halogens is 1. The number of aromatic nitrogens is 1. The third-order valence-electron chi connectivity index (χ3n) is 6.98. The van der Waals surface area contributed by atoms with Crippen molar-refractivity contribution in [1.82, 2.24) is 14.4 Å². The number of nitrogens with zero attached hydrogens (tertiary/aromatic N) is 3. The van der Waals surface area contributed by atoms with Crippen molar-refractivity contribution < 1.29 is 14.0 Å². The van der Waals surface area contributed by atoms with Gasteiger partial charge in [-0.1, -0.05) is 44.0 Å². The first-order valence-electron chi connectivity index (χ1n) is 13.0. The highest BCUT2D eigenvalue weighted by molar-refractivity contribution is 5.96. The lowest BCUT2D eigenvalue weighted by molar-refractivity contribution is -0.135. The second kappa shape index (κ2) is 11.5. The molecule has 1 aliphatic rings. The summed E-state index contributed by atoms with van der Waals surface area (Å²) in [4.78, 5) is 30.5. The Bertz CT molecular complexity index is 1180. The van der Waals surface area contributed by atoms with Crippen LogP contribution in [0.4, 0.5) is 4.39 Å². The van der Waals surface area contributed by atoms with Crippen LogP contribution in [0.3, 0.4) is 0 Å². The molecular formula is C30H36FN3O2. The van der Waals surface area contributed by atoms with Gasteiger partial charge >= 0.3 is 0 Å². The molecule has 0 bridgehead atoms. The second-order valence-electron chi connectivity index (χ2n) is 9.85. The van der Waals surface area contributed by atoms with Gasteiger partial charge < -0.3 is 14.4 Å². The number of fused-ring (bicyclic) bond motifs is 1. The molecule has 36 heavy (non-hydrogen) atoms. The lowest BCUT2D eigenvalue weighted by Gasteiger charge is -2.39. The van der Waals surface area contributed by atoms with E-state index in [1.54, 1.807) is 15.9 Å². The van der Waals surface area contributed by atoms with Crippen LogP contribution in [0.25, 0.3) is 0 Å². The van der Waals surface area contributed by atoms with Crippen LogP contribution in [-0.4, -0.2) is 45.3 Å². The predicted octanol–water partition coefficient (Wildman–Crippen LogP) is 5.84. The van der Waals surface area contributed by atoms with Crippen LogP contribution < -0.4 is 0 Å². The minimum absolute atomic E-state index is 0.0265. The zero-order valence-electron chi connectivity index (χ0n) is 21.5. The van der Waals surface area contributed by atoms with Crippen molar-refractivity contribution in [3.8, 4) is 0 Å². The largest absolute Gasteiger partial charge is 0.348 e. The van der Waals surface area contributed by atoms with E-state index in [-0.39, 0.29) is 30.2 Å². The van der Waals surface area contributed by atoms with Crippen molar-refractivity contribution in [3.05, 3.63) is 95.1 Å². The topological polar surface area (TPSA) is 45.6 Å². The fourth-order valence-electron chi connectivity index (χ4n) is 4.96. The Kier molecular flexibility index (Phi) is 8.24. The van der Waals surface area contributed by atoms with E-state index in [0.717, 1.165) is 24.1 Å². The molecular weight excluding hydrogens is 453 g/mol. The fraction of sp³-hybridized carbons (Fsp3) is 0.400. The molecule has 0 N–H and O–H groups in total. The smallest absolute Gasteiger partial charge is 0.254 e. The highest BCUT2D eigenvalue weighted by Gasteiger charge is 2.34. The molecule has 3 aromatic rings. The summed E-state index contributed by atoms with van der Waals surface area (Å²) in [5.41, 5.74) is 3.48. The summed E-state index contributed by atoms with van der Waals surface area (Å²) in [7, 11) is 0. The van der Waals surface area contributed by atoms with E-state index in [4.69, 9.17) is 0 Å². The summed E-state index contributed by atoms with van der Waals surface area (Å²) in [6, 6.07) is 17.6. The van der Waals surface area contributed by atoms with E-state index in [9.17, 15) is 14.0 Å². The first kappa shape index (κ1) is 25.7. The van der Waals surface area contributed by atoms with Crippen molar-refractivity contribution in [2.24, 2.45) is 0 Å². The number of benzene rings is 2. The van der Waals surface area contributed by atoms with Gasteiger partial charge in [-0.2, -0.15) is 0 Å². The summed E-state index contributed by atoms with van der Waals surface area (Å²) in [5.74, 6) is -0.628. The van der Waals surface area contributed by atoms with Gasteiger partial charge in [-0.15, -0.1) is 0 Å². The molecule has 4 rings (SSSR count). The van der Waals surface area contributed by atoms with Crippen LogP contribution >= 0.6 is 0 Å². The van der Waals surface area contributed by atoms with Crippen molar-refractivity contribution in [1.29, 1.82) is 0 Å². The van der Waals surface area contributed by atoms with E-state index in [1.807, 2.05) is 62.5 Å². The fourth-order valence-corrected chi connectivity index (χ4v) is 4.96. The van der Waals surface area contributed by atoms with Gasteiger partial charge in [-0.05, 0) is 74.2 Å². The number of hydrogen-bond donors (Lipinski definition) is 0. The average molecular weight is 490 g/mol. The highest BCUT2D eigenvalue weighted by atomic mass is 19.1. The molecule has 1 aromatic heterocycles. The summed E-state index contributed by atoms with van der Waals surface area (Å²) in [5, 5.41) is 0. The van der Waals surface area contributed by atoms with Gasteiger partial charge in [0, 0.05) is 36.6 Å². The van der Waals surface area contributed by atoms with Crippen LogP contribution in [0, 0.1) is 5.82 Å². The van der Waals surface area contributed by atoms with E-state index < -0.39 is 6.04 Å². The van der Waals surface area contributed by atoms with Gasteiger partial charge in [0.2, 0.25) is 5.91 Å². The van der Waals surface area contributed by atoms with E-state index >= 15 is 0 Å². The first-order valence-corrected chi connectivity index (χ1v) is 13.0. The Hall–Kier alpha value is -3.41. The molecule has 0 radical (unpaired) electrons. The van der Waals surface area contributed by atoms with Gasteiger partial charge in [0.15, 0.2) is 0 Å². The quantitative estimate of drug-likeness (QED) is 0.354. The monoisotopic (exact) mass is 489 g/mol. The Morgan fingerprint density at radius 2 is 1.81 bits per heavy atom. The Labute approximate surface area is 213 Å². The minimum atomic E-state index is -0.400. The van der Waals surface area contributed by atoms with Gasteiger partial charge in [0.05, 0.1) is 6.04 Å².